The summed E-state index contributed by atoms with van der Waals surface area (Å²) in [4.78, 5) is 0. The van der Waals surface area contributed by atoms with Gasteiger partial charge in [0.25, 0.3) is 0 Å². The van der Waals surface area contributed by atoms with Crippen molar-refractivity contribution in [3.63, 3.8) is 0 Å². The highest BCUT2D eigenvalue weighted by atomic mass is 16.6. The third kappa shape index (κ3) is 0.361. The van der Waals surface area contributed by atoms with Crippen molar-refractivity contribution in [1.82, 2.24) is 0 Å². The van der Waals surface area contributed by atoms with Crippen LogP contribution in [0.5, 0.6) is 0 Å². The Kier molecular flexibility index (Phi) is 0.746. The molecule has 1 saturated heterocycles. The predicted octanol–water partition coefficient (Wildman–Crippen LogP) is 0.944. The van der Waals surface area contributed by atoms with Gasteiger partial charge in [-0.15, -0.1) is 0 Å². The standard InChI is InChI=1S/C6H9O2/c7-5-6(4-8-5)2-1-3-6/h5H,1-4H2. The van der Waals surface area contributed by atoms with Gasteiger partial charge in [0, 0.05) is 5.41 Å². The van der Waals surface area contributed by atoms with E-state index < -0.39 is 6.29 Å². The van der Waals surface area contributed by atoms with Crippen molar-refractivity contribution in [2.45, 2.75) is 25.6 Å². The maximum absolute atomic E-state index is 10.7. The summed E-state index contributed by atoms with van der Waals surface area (Å²) >= 11 is 0. The number of hydrogen-bond acceptors (Lipinski definition) is 1. The van der Waals surface area contributed by atoms with Crippen LogP contribution in [0.2, 0.25) is 0 Å². The monoisotopic (exact) mass is 113 g/mol. The lowest BCUT2D eigenvalue weighted by atomic mass is 9.66. The lowest BCUT2D eigenvalue weighted by molar-refractivity contribution is -0.337. The number of hydrogen-bond donors (Lipinski definition) is 0. The van der Waals surface area contributed by atoms with Gasteiger partial charge in [0.05, 0.1) is 6.61 Å². The van der Waals surface area contributed by atoms with Crippen molar-refractivity contribution >= 4 is 0 Å². The Bertz CT molecular complexity index is 102. The maximum Gasteiger partial charge on any atom is 0.199 e. The molecule has 2 fully saturated rings. The third-order valence-electron chi connectivity index (χ3n) is 2.37. The van der Waals surface area contributed by atoms with Crippen LogP contribution in [0.1, 0.15) is 19.3 Å². The third-order valence-corrected chi connectivity index (χ3v) is 2.37. The SMILES string of the molecule is [O]C1OCC12CCC2. The smallest absolute Gasteiger partial charge is 0.199 e. The Morgan fingerprint density at radius 1 is 1.50 bits per heavy atom. The maximum atomic E-state index is 10.7. The predicted molar refractivity (Wildman–Crippen MR) is 26.7 cm³/mol. The van der Waals surface area contributed by atoms with Gasteiger partial charge in [-0.2, -0.15) is 0 Å². The van der Waals surface area contributed by atoms with E-state index in [4.69, 9.17) is 4.74 Å². The number of ether oxygens (including phenoxy) is 1. The van der Waals surface area contributed by atoms with E-state index in [1.165, 1.54) is 6.42 Å². The molecule has 1 aliphatic heterocycles. The lowest BCUT2D eigenvalue weighted by Gasteiger charge is -2.51. The summed E-state index contributed by atoms with van der Waals surface area (Å²) in [5.41, 5.74) is 0.125. The molecule has 0 N–H and O–H groups in total. The molecule has 2 nitrogen and oxygen atoms in total. The Labute approximate surface area is 48.5 Å². The quantitative estimate of drug-likeness (QED) is 0.459. The van der Waals surface area contributed by atoms with Gasteiger partial charge in [-0.05, 0) is 12.8 Å². The summed E-state index contributed by atoms with van der Waals surface area (Å²) in [5.74, 6) is 0. The van der Waals surface area contributed by atoms with Crippen molar-refractivity contribution < 1.29 is 9.84 Å². The Morgan fingerprint density at radius 3 is 2.25 bits per heavy atom. The first-order valence-corrected chi connectivity index (χ1v) is 3.11. The molecule has 1 unspecified atom stereocenters. The first kappa shape index (κ1) is 4.77. The Balaban J connectivity index is 2.03. The molecule has 1 radical (unpaired) electrons. The van der Waals surface area contributed by atoms with Crippen molar-refractivity contribution in [1.29, 1.82) is 0 Å². The molecular weight excluding hydrogens is 104 g/mol. The molecule has 1 heterocycles. The summed E-state index contributed by atoms with van der Waals surface area (Å²) in [5, 5.41) is 10.7. The minimum Gasteiger partial charge on any atom is -0.348 e. The zero-order chi connectivity index (χ0) is 5.61. The van der Waals surface area contributed by atoms with E-state index in [0.29, 0.717) is 0 Å². The molecule has 8 heavy (non-hydrogen) atoms. The average molecular weight is 113 g/mol. The summed E-state index contributed by atoms with van der Waals surface area (Å²) < 4.78 is 4.73. The summed E-state index contributed by atoms with van der Waals surface area (Å²) in [7, 11) is 0. The molecule has 2 rings (SSSR count). The topological polar surface area (TPSA) is 29.1 Å². The van der Waals surface area contributed by atoms with Crippen LogP contribution < -0.4 is 0 Å². The van der Waals surface area contributed by atoms with Crippen LogP contribution >= 0.6 is 0 Å². The molecule has 0 amide bonds. The van der Waals surface area contributed by atoms with Crippen LogP contribution in [0.3, 0.4) is 0 Å². The van der Waals surface area contributed by atoms with E-state index in [1.54, 1.807) is 0 Å². The van der Waals surface area contributed by atoms with Crippen LogP contribution in [-0.4, -0.2) is 12.9 Å². The van der Waals surface area contributed by atoms with Gasteiger partial charge in [-0.1, -0.05) is 6.42 Å². The van der Waals surface area contributed by atoms with E-state index in [2.05, 4.69) is 0 Å². The molecule has 1 atom stereocenters. The fourth-order valence-electron chi connectivity index (χ4n) is 1.40. The molecular formula is C6H9O2. The molecule has 0 aromatic rings. The second kappa shape index (κ2) is 1.25. The van der Waals surface area contributed by atoms with E-state index in [-0.39, 0.29) is 5.41 Å². The average Bonchev–Trinajstić information content (AvgIpc) is 1.58. The fraction of sp³-hybridized carbons (Fsp3) is 1.00. The fourth-order valence-corrected chi connectivity index (χ4v) is 1.40. The van der Waals surface area contributed by atoms with Crippen molar-refractivity contribution in [2.75, 3.05) is 6.61 Å². The van der Waals surface area contributed by atoms with Crippen LogP contribution in [0.25, 0.3) is 0 Å². The zero-order valence-electron chi connectivity index (χ0n) is 4.72. The lowest BCUT2D eigenvalue weighted by Crippen LogP contribution is -2.55. The number of rotatable bonds is 0. The molecule has 2 aliphatic rings. The van der Waals surface area contributed by atoms with Crippen LogP contribution in [0, 0.1) is 5.41 Å². The van der Waals surface area contributed by atoms with Crippen molar-refractivity contribution in [3.05, 3.63) is 0 Å². The highest BCUT2D eigenvalue weighted by Crippen LogP contribution is 2.50. The molecule has 1 spiro atoms. The molecule has 0 aromatic heterocycles. The molecule has 1 saturated carbocycles. The van der Waals surface area contributed by atoms with Gasteiger partial charge < -0.3 is 4.74 Å². The molecule has 2 heteroatoms. The molecule has 0 bridgehead atoms. The first-order chi connectivity index (χ1) is 3.83. The van der Waals surface area contributed by atoms with E-state index in [1.807, 2.05) is 0 Å². The highest BCUT2D eigenvalue weighted by molar-refractivity contribution is 4.95. The van der Waals surface area contributed by atoms with E-state index >= 15 is 0 Å². The first-order valence-electron chi connectivity index (χ1n) is 3.11. The second-order valence-electron chi connectivity index (χ2n) is 2.86. The highest BCUT2D eigenvalue weighted by Gasteiger charge is 2.52. The van der Waals surface area contributed by atoms with Gasteiger partial charge in [0.1, 0.15) is 0 Å². The van der Waals surface area contributed by atoms with Gasteiger partial charge in [0.15, 0.2) is 6.29 Å². The second-order valence-corrected chi connectivity index (χ2v) is 2.86. The van der Waals surface area contributed by atoms with Gasteiger partial charge in [-0.25, -0.2) is 5.11 Å². The zero-order valence-corrected chi connectivity index (χ0v) is 4.72. The summed E-state index contributed by atoms with van der Waals surface area (Å²) in [6, 6.07) is 0. The summed E-state index contributed by atoms with van der Waals surface area (Å²) in [6.07, 6.45) is 2.79. The normalized spacial score (nSPS) is 40.9. The van der Waals surface area contributed by atoms with Crippen LogP contribution in [0.4, 0.5) is 0 Å². The van der Waals surface area contributed by atoms with Gasteiger partial charge in [-0.3, -0.25) is 0 Å². The Hall–Kier alpha value is -0.0800. The van der Waals surface area contributed by atoms with Crippen molar-refractivity contribution in [2.24, 2.45) is 5.41 Å². The molecule has 45 valence electrons. The molecule has 0 aromatic carbocycles. The minimum atomic E-state index is -0.670. The Morgan fingerprint density at radius 2 is 2.25 bits per heavy atom. The largest absolute Gasteiger partial charge is 0.348 e. The van der Waals surface area contributed by atoms with Gasteiger partial charge >= 0.3 is 0 Å². The van der Waals surface area contributed by atoms with E-state index in [0.717, 1.165) is 19.4 Å². The van der Waals surface area contributed by atoms with Crippen LogP contribution in [-0.2, 0) is 9.84 Å². The summed E-state index contributed by atoms with van der Waals surface area (Å²) in [6.45, 7) is 0.737. The van der Waals surface area contributed by atoms with Gasteiger partial charge in [0.2, 0.25) is 0 Å². The molecule has 1 aliphatic carbocycles. The minimum absolute atomic E-state index is 0.125. The van der Waals surface area contributed by atoms with Crippen molar-refractivity contribution in [3.8, 4) is 0 Å². The van der Waals surface area contributed by atoms with Crippen LogP contribution in [0.15, 0.2) is 0 Å². The van der Waals surface area contributed by atoms with E-state index in [9.17, 15) is 5.11 Å².